The first kappa shape index (κ1) is 30.0. The molecule has 0 saturated carbocycles. The van der Waals surface area contributed by atoms with Crippen molar-refractivity contribution in [2.45, 2.75) is 18.8 Å². The van der Waals surface area contributed by atoms with Crippen LogP contribution in [0.2, 0.25) is 0 Å². The number of ether oxygens (including phenoxy) is 1. The zero-order chi connectivity index (χ0) is 28.2. The van der Waals surface area contributed by atoms with E-state index in [4.69, 9.17) is 9.72 Å². The lowest BCUT2D eigenvalue weighted by molar-refractivity contribution is 0.0974. The van der Waals surface area contributed by atoms with E-state index in [1.54, 1.807) is 19.2 Å². The zero-order valence-corrected chi connectivity index (χ0v) is 24.5. The number of anilines is 2. The van der Waals surface area contributed by atoms with Crippen LogP contribution in [0.4, 0.5) is 20.4 Å². The fourth-order valence-corrected chi connectivity index (χ4v) is 5.94. The predicted octanol–water partition coefficient (Wildman–Crippen LogP) is 6.08. The fourth-order valence-electron chi connectivity index (χ4n) is 5.94. The summed E-state index contributed by atoms with van der Waals surface area (Å²) in [6, 6.07) is 20.1. The number of piperazine rings is 1. The van der Waals surface area contributed by atoms with Crippen LogP contribution >= 0.6 is 12.4 Å². The molecule has 4 aromatic rings. The Hall–Kier alpha value is -3.43. The molecular weight excluding hydrogens is 556 g/mol. The normalized spacial score (nSPS) is 16.8. The summed E-state index contributed by atoms with van der Waals surface area (Å²) in [5.74, 6) is -0.0527. The van der Waals surface area contributed by atoms with Crippen LogP contribution in [0.3, 0.4) is 0 Å². The summed E-state index contributed by atoms with van der Waals surface area (Å²) in [7, 11) is 1.73. The quantitative estimate of drug-likeness (QED) is 0.255. The molecule has 2 aliphatic rings. The van der Waals surface area contributed by atoms with Gasteiger partial charge in [0.15, 0.2) is 0 Å². The second-order valence-corrected chi connectivity index (χ2v) is 10.8. The Kier molecular flexibility index (Phi) is 9.80. The van der Waals surface area contributed by atoms with Gasteiger partial charge in [-0.3, -0.25) is 4.90 Å². The average Bonchev–Trinajstić information content (AvgIpc) is 3.01. The molecule has 1 aliphatic carbocycles. The minimum absolute atomic E-state index is 0. The highest BCUT2D eigenvalue weighted by Crippen LogP contribution is 2.42. The Balaban J connectivity index is 0.00000353. The summed E-state index contributed by atoms with van der Waals surface area (Å²) in [5.41, 5.74) is 5.96. The first-order chi connectivity index (χ1) is 20.1. The van der Waals surface area contributed by atoms with E-state index in [9.17, 15) is 8.78 Å². The minimum atomic E-state index is -0.202. The number of nitrogens with one attached hydrogen (secondary N) is 1. The van der Waals surface area contributed by atoms with Crippen LogP contribution in [-0.2, 0) is 17.6 Å². The molecule has 6 rings (SSSR count). The van der Waals surface area contributed by atoms with E-state index in [0.29, 0.717) is 29.9 Å². The van der Waals surface area contributed by atoms with Crippen LogP contribution in [0.25, 0.3) is 11.3 Å². The number of methoxy groups -OCH3 is 1. The van der Waals surface area contributed by atoms with Crippen LogP contribution in [0.1, 0.15) is 28.2 Å². The van der Waals surface area contributed by atoms with Crippen LogP contribution in [0, 0.1) is 11.6 Å². The molecule has 1 unspecified atom stereocenters. The van der Waals surface area contributed by atoms with Crippen molar-refractivity contribution in [1.82, 2.24) is 19.8 Å². The van der Waals surface area contributed by atoms with Crippen molar-refractivity contribution in [3.63, 3.8) is 0 Å². The van der Waals surface area contributed by atoms with Crippen molar-refractivity contribution in [2.75, 3.05) is 58.3 Å². The third-order valence-corrected chi connectivity index (χ3v) is 8.24. The van der Waals surface area contributed by atoms with Gasteiger partial charge < -0.3 is 15.0 Å². The summed E-state index contributed by atoms with van der Waals surface area (Å²) >= 11 is 0. The molecule has 42 heavy (non-hydrogen) atoms. The van der Waals surface area contributed by atoms with Crippen molar-refractivity contribution >= 4 is 24.0 Å². The summed E-state index contributed by atoms with van der Waals surface area (Å²) in [5, 5.41) is 3.29. The van der Waals surface area contributed by atoms with Crippen molar-refractivity contribution in [3.8, 4) is 11.3 Å². The molecule has 1 aliphatic heterocycles. The number of hydrogen-bond acceptors (Lipinski definition) is 6. The zero-order valence-electron chi connectivity index (χ0n) is 23.7. The average molecular weight is 592 g/mol. The van der Waals surface area contributed by atoms with E-state index in [2.05, 4.69) is 26.2 Å². The molecule has 1 N–H and O–H groups in total. The number of nitrogens with zero attached hydrogens (tertiary/aromatic N) is 4. The molecule has 220 valence electrons. The van der Waals surface area contributed by atoms with Crippen molar-refractivity contribution in [3.05, 3.63) is 107 Å². The number of aromatic nitrogens is 2. The Morgan fingerprint density at radius 2 is 1.60 bits per heavy atom. The maximum atomic E-state index is 14.8. The molecule has 1 atom stereocenters. The van der Waals surface area contributed by atoms with Gasteiger partial charge in [-0.25, -0.2) is 18.7 Å². The van der Waals surface area contributed by atoms with Gasteiger partial charge in [0.1, 0.15) is 11.6 Å². The van der Waals surface area contributed by atoms with Crippen molar-refractivity contribution < 1.29 is 13.5 Å². The van der Waals surface area contributed by atoms with Gasteiger partial charge in [0, 0.05) is 69.7 Å². The van der Waals surface area contributed by atoms with E-state index in [0.717, 1.165) is 73.9 Å². The Morgan fingerprint density at radius 3 is 2.36 bits per heavy atom. The molecule has 3 aromatic carbocycles. The Morgan fingerprint density at radius 1 is 0.881 bits per heavy atom. The van der Waals surface area contributed by atoms with Crippen LogP contribution in [0.15, 0.2) is 72.9 Å². The van der Waals surface area contributed by atoms with Gasteiger partial charge >= 0.3 is 0 Å². The highest BCUT2D eigenvalue weighted by Gasteiger charge is 2.29. The molecule has 0 spiro atoms. The summed E-state index contributed by atoms with van der Waals surface area (Å²) in [4.78, 5) is 14.2. The maximum Gasteiger partial charge on any atom is 0.227 e. The monoisotopic (exact) mass is 591 g/mol. The van der Waals surface area contributed by atoms with E-state index in [1.165, 1.54) is 12.1 Å². The maximum absolute atomic E-state index is 14.8. The van der Waals surface area contributed by atoms with Gasteiger partial charge in [-0.1, -0.05) is 42.5 Å². The first-order valence-corrected chi connectivity index (χ1v) is 14.3. The molecule has 1 aromatic heterocycles. The van der Waals surface area contributed by atoms with E-state index >= 15 is 0 Å². The Bertz CT molecular complexity index is 1510. The van der Waals surface area contributed by atoms with Crippen molar-refractivity contribution in [1.29, 1.82) is 0 Å². The lowest BCUT2D eigenvalue weighted by atomic mass is 9.78. The first-order valence-electron chi connectivity index (χ1n) is 14.3. The van der Waals surface area contributed by atoms with Gasteiger partial charge in [0.25, 0.3) is 0 Å². The van der Waals surface area contributed by atoms with Crippen LogP contribution in [-0.4, -0.2) is 72.8 Å². The SMILES string of the molecule is COCCN1CCN(CCc2cc(Nc3ncc4c(n3)-c3ccccc3C(c3ccccc3F)C4)ccc2F)CC1.Cl. The molecule has 1 saturated heterocycles. The molecule has 6 nitrogen and oxygen atoms in total. The molecule has 0 bridgehead atoms. The van der Waals surface area contributed by atoms with Gasteiger partial charge in [0.05, 0.1) is 12.3 Å². The molecule has 0 amide bonds. The van der Waals surface area contributed by atoms with Crippen molar-refractivity contribution in [2.24, 2.45) is 0 Å². The van der Waals surface area contributed by atoms with Crippen LogP contribution in [0.5, 0.6) is 0 Å². The number of halogens is 3. The van der Waals surface area contributed by atoms with E-state index in [-0.39, 0.29) is 30.0 Å². The minimum Gasteiger partial charge on any atom is -0.383 e. The molecular formula is C33H36ClF2N5O. The smallest absolute Gasteiger partial charge is 0.227 e. The summed E-state index contributed by atoms with van der Waals surface area (Å²) in [6.07, 6.45) is 3.08. The van der Waals surface area contributed by atoms with Gasteiger partial charge in [0.2, 0.25) is 5.95 Å². The number of benzene rings is 3. The van der Waals surface area contributed by atoms with Gasteiger partial charge in [-0.15, -0.1) is 12.4 Å². The molecule has 9 heteroatoms. The third kappa shape index (κ3) is 6.63. The van der Waals surface area contributed by atoms with Gasteiger partial charge in [-0.2, -0.15) is 0 Å². The van der Waals surface area contributed by atoms with E-state index in [1.807, 2.05) is 42.6 Å². The summed E-state index contributed by atoms with van der Waals surface area (Å²) in [6.45, 7) is 6.49. The molecule has 0 radical (unpaired) electrons. The largest absolute Gasteiger partial charge is 0.383 e. The van der Waals surface area contributed by atoms with E-state index < -0.39 is 0 Å². The number of fused-ring (bicyclic) bond motifs is 3. The number of hydrogen-bond donors (Lipinski definition) is 1. The topological polar surface area (TPSA) is 53.5 Å². The highest BCUT2D eigenvalue weighted by molar-refractivity contribution is 5.85. The lowest BCUT2D eigenvalue weighted by Crippen LogP contribution is -2.47. The third-order valence-electron chi connectivity index (χ3n) is 8.24. The highest BCUT2D eigenvalue weighted by atomic mass is 35.5. The fraction of sp³-hybridized carbons (Fsp3) is 0.333. The van der Waals surface area contributed by atoms with Gasteiger partial charge in [-0.05, 0) is 59.4 Å². The lowest BCUT2D eigenvalue weighted by Gasteiger charge is -2.34. The second kappa shape index (κ2) is 13.7. The van der Waals surface area contributed by atoms with Crippen LogP contribution < -0.4 is 5.32 Å². The molecule has 1 fully saturated rings. The number of rotatable bonds is 9. The summed E-state index contributed by atoms with van der Waals surface area (Å²) < 4.78 is 34.7. The Labute approximate surface area is 252 Å². The standard InChI is InChI=1S/C33H35F2N5O.ClH/c1-41-19-18-40-16-14-39(15-17-40)13-12-23-20-25(10-11-30(23)34)37-33-36-22-24-21-29(27-7-4-5-9-31(27)35)26-6-2-3-8-28(26)32(24)38-33;/h2-11,20,22,29H,12-19,21H2,1H3,(H,36,37,38);1H. The second-order valence-electron chi connectivity index (χ2n) is 10.8. The predicted molar refractivity (Wildman–Crippen MR) is 165 cm³/mol. The molecule has 2 heterocycles.